The Labute approximate surface area is 137 Å². The molecule has 0 saturated heterocycles. The SMILES string of the molecule is COc1cc2c(cc1OC)[C@H]1c3cccc(C)c3CN[C@@H]1CC2. The fraction of sp³-hybridized carbons (Fsp3) is 0.400. The Hall–Kier alpha value is -2.00. The number of benzene rings is 2. The molecule has 1 heterocycles. The molecule has 2 atom stereocenters. The summed E-state index contributed by atoms with van der Waals surface area (Å²) in [5, 5.41) is 3.75. The van der Waals surface area contributed by atoms with E-state index in [1.54, 1.807) is 14.2 Å². The first-order chi connectivity index (χ1) is 11.2. The molecule has 2 aromatic rings. The third-order valence-electron chi connectivity index (χ3n) is 5.43. The average Bonchev–Trinajstić information content (AvgIpc) is 2.60. The average molecular weight is 309 g/mol. The van der Waals surface area contributed by atoms with Gasteiger partial charge in [-0.3, -0.25) is 0 Å². The minimum absolute atomic E-state index is 0.405. The number of hydrogen-bond donors (Lipinski definition) is 1. The van der Waals surface area contributed by atoms with E-state index < -0.39 is 0 Å². The van der Waals surface area contributed by atoms with Crippen molar-refractivity contribution in [1.82, 2.24) is 5.32 Å². The Kier molecular flexibility index (Phi) is 3.53. The molecule has 2 aliphatic rings. The van der Waals surface area contributed by atoms with E-state index >= 15 is 0 Å². The molecule has 0 radical (unpaired) electrons. The van der Waals surface area contributed by atoms with E-state index in [2.05, 4.69) is 42.6 Å². The molecule has 1 N–H and O–H groups in total. The van der Waals surface area contributed by atoms with Crippen LogP contribution in [0.4, 0.5) is 0 Å². The Balaban J connectivity index is 1.90. The van der Waals surface area contributed by atoms with Crippen molar-refractivity contribution in [3.63, 3.8) is 0 Å². The van der Waals surface area contributed by atoms with Gasteiger partial charge in [0.25, 0.3) is 0 Å². The van der Waals surface area contributed by atoms with Gasteiger partial charge in [0.1, 0.15) is 0 Å². The summed E-state index contributed by atoms with van der Waals surface area (Å²) < 4.78 is 11.0. The molecule has 0 saturated carbocycles. The fourth-order valence-electron chi connectivity index (χ4n) is 4.23. The second kappa shape index (κ2) is 5.57. The fourth-order valence-corrected chi connectivity index (χ4v) is 4.23. The summed E-state index contributed by atoms with van der Waals surface area (Å²) in [6.45, 7) is 3.19. The van der Waals surface area contributed by atoms with Gasteiger partial charge < -0.3 is 14.8 Å². The summed E-state index contributed by atoms with van der Waals surface area (Å²) >= 11 is 0. The molecule has 0 spiro atoms. The van der Waals surface area contributed by atoms with Gasteiger partial charge in [0.2, 0.25) is 0 Å². The molecule has 1 aliphatic heterocycles. The maximum absolute atomic E-state index is 5.55. The van der Waals surface area contributed by atoms with Gasteiger partial charge in [-0.15, -0.1) is 0 Å². The predicted molar refractivity (Wildman–Crippen MR) is 91.5 cm³/mol. The van der Waals surface area contributed by atoms with Crippen LogP contribution in [-0.4, -0.2) is 20.3 Å². The first kappa shape index (κ1) is 14.6. The van der Waals surface area contributed by atoms with E-state index in [1.165, 1.54) is 34.2 Å². The second-order valence-corrected chi connectivity index (χ2v) is 6.55. The molecule has 0 unspecified atom stereocenters. The van der Waals surface area contributed by atoms with Crippen LogP contribution in [0.5, 0.6) is 11.5 Å². The van der Waals surface area contributed by atoms with Crippen LogP contribution in [0.2, 0.25) is 0 Å². The van der Waals surface area contributed by atoms with E-state index in [-0.39, 0.29) is 0 Å². The van der Waals surface area contributed by atoms with Gasteiger partial charge in [-0.25, -0.2) is 0 Å². The summed E-state index contributed by atoms with van der Waals surface area (Å²) in [7, 11) is 3.42. The first-order valence-electron chi connectivity index (χ1n) is 8.29. The van der Waals surface area contributed by atoms with E-state index in [1.807, 2.05) is 0 Å². The van der Waals surface area contributed by atoms with Gasteiger partial charge in [-0.1, -0.05) is 18.2 Å². The molecule has 3 nitrogen and oxygen atoms in total. The zero-order chi connectivity index (χ0) is 16.0. The Morgan fingerprint density at radius 3 is 2.61 bits per heavy atom. The number of aryl methyl sites for hydroxylation is 2. The highest BCUT2D eigenvalue weighted by molar-refractivity contribution is 5.55. The second-order valence-electron chi connectivity index (χ2n) is 6.55. The molecule has 0 bridgehead atoms. The molecule has 2 aromatic carbocycles. The summed E-state index contributed by atoms with van der Waals surface area (Å²) in [5.41, 5.74) is 7.08. The molecule has 0 fully saturated rings. The third kappa shape index (κ3) is 2.22. The van der Waals surface area contributed by atoms with Gasteiger partial charge >= 0.3 is 0 Å². The number of rotatable bonds is 2. The minimum Gasteiger partial charge on any atom is -0.493 e. The summed E-state index contributed by atoms with van der Waals surface area (Å²) in [6, 6.07) is 11.5. The van der Waals surface area contributed by atoms with Crippen LogP contribution < -0.4 is 14.8 Å². The maximum Gasteiger partial charge on any atom is 0.161 e. The van der Waals surface area contributed by atoms with Crippen molar-refractivity contribution in [2.45, 2.75) is 38.3 Å². The predicted octanol–water partition coefficient (Wildman–Crippen LogP) is 3.56. The Morgan fingerprint density at radius 1 is 1.04 bits per heavy atom. The lowest BCUT2D eigenvalue weighted by atomic mass is 9.72. The first-order valence-corrected chi connectivity index (χ1v) is 8.29. The number of hydrogen-bond acceptors (Lipinski definition) is 3. The highest BCUT2D eigenvalue weighted by atomic mass is 16.5. The van der Waals surface area contributed by atoms with Crippen molar-refractivity contribution >= 4 is 0 Å². The van der Waals surface area contributed by atoms with Gasteiger partial charge in [0.05, 0.1) is 14.2 Å². The third-order valence-corrected chi connectivity index (χ3v) is 5.43. The van der Waals surface area contributed by atoms with Crippen molar-refractivity contribution in [2.24, 2.45) is 0 Å². The lowest BCUT2D eigenvalue weighted by Crippen LogP contribution is -2.42. The van der Waals surface area contributed by atoms with Crippen LogP contribution in [0.25, 0.3) is 0 Å². The lowest BCUT2D eigenvalue weighted by Gasteiger charge is -2.40. The van der Waals surface area contributed by atoms with E-state index in [0.717, 1.165) is 24.5 Å². The van der Waals surface area contributed by atoms with Crippen molar-refractivity contribution in [3.05, 3.63) is 58.1 Å². The van der Waals surface area contributed by atoms with Crippen molar-refractivity contribution < 1.29 is 9.47 Å². The van der Waals surface area contributed by atoms with E-state index in [4.69, 9.17) is 9.47 Å². The largest absolute Gasteiger partial charge is 0.493 e. The van der Waals surface area contributed by atoms with Gasteiger partial charge in [0.15, 0.2) is 11.5 Å². The molecule has 120 valence electrons. The molecule has 23 heavy (non-hydrogen) atoms. The topological polar surface area (TPSA) is 30.5 Å². The number of ether oxygens (including phenoxy) is 2. The monoisotopic (exact) mass is 309 g/mol. The molecule has 0 amide bonds. The zero-order valence-electron chi connectivity index (χ0n) is 14.0. The van der Waals surface area contributed by atoms with Crippen LogP contribution in [0.15, 0.2) is 30.3 Å². The molecule has 1 aliphatic carbocycles. The van der Waals surface area contributed by atoms with Gasteiger partial charge in [0, 0.05) is 18.5 Å². The summed E-state index contributed by atoms with van der Waals surface area (Å²) in [5.74, 6) is 2.06. The lowest BCUT2D eigenvalue weighted by molar-refractivity contribution is 0.348. The number of methoxy groups -OCH3 is 2. The number of fused-ring (bicyclic) bond motifs is 5. The van der Waals surface area contributed by atoms with Crippen LogP contribution in [-0.2, 0) is 13.0 Å². The molecule has 0 aromatic heterocycles. The number of nitrogens with one attached hydrogen (secondary N) is 1. The van der Waals surface area contributed by atoms with Crippen LogP contribution >= 0.6 is 0 Å². The zero-order valence-corrected chi connectivity index (χ0v) is 14.0. The maximum atomic E-state index is 5.55. The van der Waals surface area contributed by atoms with Crippen LogP contribution in [0.1, 0.15) is 40.2 Å². The summed E-state index contributed by atoms with van der Waals surface area (Å²) in [6.07, 6.45) is 2.26. The van der Waals surface area contributed by atoms with Gasteiger partial charge in [-0.2, -0.15) is 0 Å². The normalized spacial score (nSPS) is 21.9. The Bertz CT molecular complexity index is 754. The summed E-state index contributed by atoms with van der Waals surface area (Å²) in [4.78, 5) is 0. The highest BCUT2D eigenvalue weighted by Crippen LogP contribution is 2.45. The van der Waals surface area contributed by atoms with Crippen molar-refractivity contribution in [3.8, 4) is 11.5 Å². The quantitative estimate of drug-likeness (QED) is 0.920. The molecule has 4 rings (SSSR count). The molecule has 3 heteroatoms. The van der Waals surface area contributed by atoms with Crippen LogP contribution in [0.3, 0.4) is 0 Å². The van der Waals surface area contributed by atoms with E-state index in [0.29, 0.717) is 12.0 Å². The molecular weight excluding hydrogens is 286 g/mol. The molecular formula is C20H23NO2. The van der Waals surface area contributed by atoms with E-state index in [9.17, 15) is 0 Å². The van der Waals surface area contributed by atoms with Crippen molar-refractivity contribution in [2.75, 3.05) is 14.2 Å². The van der Waals surface area contributed by atoms with Crippen LogP contribution in [0, 0.1) is 6.92 Å². The highest BCUT2D eigenvalue weighted by Gasteiger charge is 2.36. The van der Waals surface area contributed by atoms with Crippen molar-refractivity contribution in [1.29, 1.82) is 0 Å². The standard InChI is InChI=1S/C20H23NO2/c1-12-5-4-6-14-16(12)11-21-17-8-7-13-9-18(22-2)19(23-3)10-15(13)20(14)17/h4-6,9-10,17,20-21H,7-8,11H2,1-3H3/t17-,20-/m1/s1. The smallest absolute Gasteiger partial charge is 0.161 e. The van der Waals surface area contributed by atoms with Gasteiger partial charge in [-0.05, 0) is 59.7 Å². The Morgan fingerprint density at radius 2 is 1.83 bits per heavy atom. The minimum atomic E-state index is 0.405.